The van der Waals surface area contributed by atoms with Crippen LogP contribution in [0.4, 0.5) is 9.18 Å². The van der Waals surface area contributed by atoms with Gasteiger partial charge in [0, 0.05) is 54.9 Å². The van der Waals surface area contributed by atoms with E-state index in [2.05, 4.69) is 26.6 Å². The zero-order valence-electron chi connectivity index (χ0n) is 49.2. The Morgan fingerprint density at radius 1 is 0.512 bits per heavy atom. The van der Waals surface area contributed by atoms with Crippen molar-refractivity contribution in [3.63, 3.8) is 0 Å². The third-order valence-corrected chi connectivity index (χ3v) is 14.7. The van der Waals surface area contributed by atoms with Crippen LogP contribution in [-0.2, 0) is 79.4 Å². The van der Waals surface area contributed by atoms with Gasteiger partial charge in [-0.2, -0.15) is 11.8 Å². The van der Waals surface area contributed by atoms with Gasteiger partial charge in [-0.15, -0.1) is 11.6 Å². The highest BCUT2D eigenvalue weighted by Gasteiger charge is 2.42. The molecule has 0 spiro atoms. The lowest BCUT2D eigenvalue weighted by Gasteiger charge is -2.16. The summed E-state index contributed by atoms with van der Waals surface area (Å²) in [7, 11) is 0. The molecule has 4 rings (SSSR count). The molecule has 0 aromatic heterocycles. The summed E-state index contributed by atoms with van der Waals surface area (Å²) < 4.78 is 86.2. The maximum atomic E-state index is 14.4. The minimum atomic E-state index is -0.369. The second-order valence-corrected chi connectivity index (χ2v) is 21.2. The smallest absolute Gasteiger partial charge is 0.315 e. The first-order valence-corrected chi connectivity index (χ1v) is 31.4. The van der Waals surface area contributed by atoms with Crippen LogP contribution in [-0.4, -0.2) is 231 Å². The topological polar surface area (TPSA) is 248 Å². The van der Waals surface area contributed by atoms with Crippen molar-refractivity contribution in [3.05, 3.63) is 65.0 Å². The van der Waals surface area contributed by atoms with Gasteiger partial charge in [0.1, 0.15) is 0 Å². The van der Waals surface area contributed by atoms with E-state index in [0.717, 1.165) is 55.4 Å². The Morgan fingerprint density at radius 2 is 1.01 bits per heavy atom. The molecule has 2 aromatic rings. The highest BCUT2D eigenvalue weighted by atomic mass is 35.5. The second kappa shape index (κ2) is 50.1. The Balaban J connectivity index is 0.757. The highest BCUT2D eigenvalue weighted by Crippen LogP contribution is 2.33. The van der Waals surface area contributed by atoms with Crippen LogP contribution in [0.25, 0.3) is 0 Å². The molecule has 0 saturated carbocycles. The normalized spacial score (nSPS) is 15.5. The Bertz CT molecular complexity index is 2010. The van der Waals surface area contributed by atoms with E-state index in [9.17, 15) is 23.6 Å². The summed E-state index contributed by atoms with van der Waals surface area (Å²) >= 11 is 7.61. The zero-order chi connectivity index (χ0) is 59.6. The van der Waals surface area contributed by atoms with Gasteiger partial charge >= 0.3 is 6.03 Å². The molecule has 5 amide bonds. The minimum absolute atomic E-state index is 0.0341. The highest BCUT2D eigenvalue weighted by molar-refractivity contribution is 8.00. The Morgan fingerprint density at radius 3 is 1.54 bits per heavy atom. The van der Waals surface area contributed by atoms with Crippen molar-refractivity contribution in [2.24, 2.45) is 0 Å². The molecule has 84 heavy (non-hydrogen) atoms. The predicted octanol–water partition coefficient (Wildman–Crippen LogP) is 5.02. The minimum Gasteiger partial charge on any atom is -0.491 e. The number of carbonyl (C=O) groups excluding carboxylic acids is 4. The molecule has 0 bridgehead atoms. The van der Waals surface area contributed by atoms with Gasteiger partial charge in [0.2, 0.25) is 11.8 Å². The summed E-state index contributed by atoms with van der Waals surface area (Å²) in [6.45, 7) is 12.2. The quantitative estimate of drug-likeness (QED) is 0.0331. The van der Waals surface area contributed by atoms with Crippen molar-refractivity contribution in [3.8, 4) is 5.75 Å². The van der Waals surface area contributed by atoms with Gasteiger partial charge in [0.05, 0.1) is 177 Å². The number of benzene rings is 2. The molecule has 22 nitrogen and oxygen atoms in total. The first-order valence-electron chi connectivity index (χ1n) is 29.8. The molecule has 2 heterocycles. The first-order chi connectivity index (χ1) is 41.3. The molecule has 2 aliphatic heterocycles. The Hall–Kier alpha value is -3.99. The third kappa shape index (κ3) is 36.9. The van der Waals surface area contributed by atoms with Crippen LogP contribution >= 0.6 is 23.4 Å². The molecular formula is C59H95ClFN5O17S. The number of alkyl halides is 1. The van der Waals surface area contributed by atoms with Crippen LogP contribution < -0.4 is 31.3 Å². The van der Waals surface area contributed by atoms with Gasteiger partial charge < -0.3 is 88.2 Å². The van der Waals surface area contributed by atoms with Crippen LogP contribution in [0.5, 0.6) is 5.75 Å². The molecule has 0 radical (unpaired) electrons. The number of nitrogens with one attached hydrogen (secondary N) is 5. The monoisotopic (exact) mass is 1230 g/mol. The number of amides is 5. The van der Waals surface area contributed by atoms with Crippen molar-refractivity contribution >= 4 is 47.1 Å². The fourth-order valence-electron chi connectivity index (χ4n) is 8.33. The largest absolute Gasteiger partial charge is 0.491 e. The number of unbranched alkanes of at least 4 members (excludes halogenated alkanes) is 3. The fraction of sp³-hybridized carbons (Fsp3) is 0.729. The van der Waals surface area contributed by atoms with Gasteiger partial charge in [-0.3, -0.25) is 14.4 Å². The van der Waals surface area contributed by atoms with E-state index in [1.54, 1.807) is 18.2 Å². The number of halogens is 2. The summed E-state index contributed by atoms with van der Waals surface area (Å²) in [6.07, 6.45) is 7.46. The van der Waals surface area contributed by atoms with E-state index in [1.807, 2.05) is 30.0 Å². The van der Waals surface area contributed by atoms with Crippen molar-refractivity contribution in [2.45, 2.75) is 88.1 Å². The number of rotatable bonds is 57. The number of hydrogen-bond donors (Lipinski definition) is 5. The average Bonchev–Trinajstić information content (AvgIpc) is 4.31. The van der Waals surface area contributed by atoms with E-state index >= 15 is 0 Å². The molecule has 5 N–H and O–H groups in total. The maximum absolute atomic E-state index is 14.4. The van der Waals surface area contributed by atoms with Gasteiger partial charge in [-0.25, -0.2) is 9.18 Å². The van der Waals surface area contributed by atoms with Gasteiger partial charge in [0.15, 0.2) is 11.6 Å². The number of carbonyl (C=O) groups is 4. The lowest BCUT2D eigenvalue weighted by Crippen LogP contribution is -2.36. The summed E-state index contributed by atoms with van der Waals surface area (Å²) in [4.78, 5) is 48.5. The summed E-state index contributed by atoms with van der Waals surface area (Å²) in [5.74, 6) is 1.12. The first kappa shape index (κ1) is 72.5. The van der Waals surface area contributed by atoms with Crippen molar-refractivity contribution in [1.82, 2.24) is 26.6 Å². The van der Waals surface area contributed by atoms with Crippen molar-refractivity contribution < 1.29 is 85.1 Å². The SMILES string of the molecule is O=C(CCCCC1SCC2NC(=O)NC21)NCCOCCOCCOCCOCCOCCOCCOCCOCCOCCOCCOCCOCCC(=O)NCc1ccc(C(=O)NCCCCOc2ccc(CCCCCl)cc2F)cc1. The molecule has 2 aliphatic rings. The Labute approximate surface area is 505 Å². The number of hydrogen-bond acceptors (Lipinski definition) is 18. The van der Waals surface area contributed by atoms with E-state index in [0.29, 0.717) is 214 Å². The van der Waals surface area contributed by atoms with Gasteiger partial charge in [-0.1, -0.05) is 24.6 Å². The molecular weight excluding hydrogens is 1140 g/mol. The van der Waals surface area contributed by atoms with Crippen LogP contribution in [0.3, 0.4) is 0 Å². The molecule has 478 valence electrons. The van der Waals surface area contributed by atoms with Crippen molar-refractivity contribution in [1.29, 1.82) is 0 Å². The fourth-order valence-corrected chi connectivity index (χ4v) is 10.1. The maximum Gasteiger partial charge on any atom is 0.315 e. The predicted molar refractivity (Wildman–Crippen MR) is 317 cm³/mol. The summed E-state index contributed by atoms with van der Waals surface area (Å²) in [6, 6.07) is 12.5. The molecule has 0 aliphatic carbocycles. The van der Waals surface area contributed by atoms with E-state index in [1.165, 1.54) is 6.07 Å². The lowest BCUT2D eigenvalue weighted by molar-refractivity contribution is -0.123. The van der Waals surface area contributed by atoms with Crippen LogP contribution in [0.15, 0.2) is 42.5 Å². The van der Waals surface area contributed by atoms with E-state index < -0.39 is 0 Å². The lowest BCUT2D eigenvalue weighted by atomic mass is 10.0. The number of fused-ring (bicyclic) bond motifs is 1. The second-order valence-electron chi connectivity index (χ2n) is 19.5. The average molecular weight is 1230 g/mol. The summed E-state index contributed by atoms with van der Waals surface area (Å²) in [5, 5.41) is 15.0. The molecule has 3 atom stereocenters. The Kier molecular flexibility index (Phi) is 43.2. The van der Waals surface area contributed by atoms with Crippen LogP contribution in [0.1, 0.15) is 79.3 Å². The molecule has 2 aromatic carbocycles. The molecule has 2 saturated heterocycles. The summed E-state index contributed by atoms with van der Waals surface area (Å²) in [5.41, 5.74) is 2.32. The van der Waals surface area contributed by atoms with Gasteiger partial charge in [0.25, 0.3) is 5.91 Å². The van der Waals surface area contributed by atoms with Gasteiger partial charge in [-0.05, 0) is 80.3 Å². The number of ether oxygens (including phenoxy) is 13. The van der Waals surface area contributed by atoms with Crippen LogP contribution in [0, 0.1) is 5.82 Å². The van der Waals surface area contributed by atoms with E-state index in [4.69, 9.17) is 73.2 Å². The van der Waals surface area contributed by atoms with Crippen molar-refractivity contribution in [2.75, 3.05) is 190 Å². The van der Waals surface area contributed by atoms with Crippen LogP contribution in [0.2, 0.25) is 0 Å². The number of urea groups is 1. The molecule has 2 fully saturated rings. The standard InChI is InChI=1S/C59H95ClFN5O17S/c60-17-4-3-7-48-12-15-53(51(61)45-48)83-20-6-5-18-63-58(69)50-13-10-49(11-14-50)46-64-56(68)16-21-71-23-25-73-27-29-75-31-33-77-35-37-79-39-41-81-43-44-82-42-40-80-38-36-78-34-32-76-30-28-74-26-24-72-22-19-62-55(67)9-2-1-8-54-57-52(47-84-54)65-59(70)66-57/h10-15,45,52,54,57H,1-9,16-44,46-47H2,(H,62,67)(H,63,69)(H,64,68)(H2,65,66,70). The zero-order valence-corrected chi connectivity index (χ0v) is 50.7. The number of thioether (sulfide) groups is 1. The third-order valence-electron chi connectivity index (χ3n) is 12.9. The molecule has 3 unspecified atom stereocenters. The molecule has 25 heteroatoms. The van der Waals surface area contributed by atoms with E-state index in [-0.39, 0.29) is 60.4 Å². The number of aryl methyl sites for hydroxylation is 1.